The van der Waals surface area contributed by atoms with Crippen LogP contribution in [0.4, 0.5) is 4.79 Å². The summed E-state index contributed by atoms with van der Waals surface area (Å²) < 4.78 is 25.4. The molecule has 3 heterocycles. The lowest BCUT2D eigenvalue weighted by Gasteiger charge is -2.63. The highest BCUT2D eigenvalue weighted by molar-refractivity contribution is 5.77. The maximum absolute atomic E-state index is 13.4. The highest BCUT2D eigenvalue weighted by Crippen LogP contribution is 2.89. The van der Waals surface area contributed by atoms with Crippen molar-refractivity contribution in [1.29, 1.82) is 0 Å². The van der Waals surface area contributed by atoms with E-state index in [1.165, 1.54) is 38.5 Å². The van der Waals surface area contributed by atoms with E-state index in [-0.39, 0.29) is 52.5 Å². The monoisotopic (exact) mass is 757 g/mol. The number of nitrogens with zero attached hydrogens (tertiary/aromatic N) is 2. The Labute approximate surface area is 324 Å². The van der Waals surface area contributed by atoms with E-state index < -0.39 is 23.6 Å². The summed E-state index contributed by atoms with van der Waals surface area (Å²) in [5.41, 5.74) is -0.544. The molecule has 306 valence electrons. The molecule has 13 atom stereocenters. The Morgan fingerprint density at radius 3 is 2.28 bits per heavy atom. The topological polar surface area (TPSA) is 118 Å². The summed E-state index contributed by atoms with van der Waals surface area (Å²) in [5.74, 6) is 2.50. The quantitative estimate of drug-likeness (QED) is 0.305. The largest absolute Gasteiger partial charge is 0.444 e. The Morgan fingerprint density at radius 2 is 1.59 bits per heavy atom. The van der Waals surface area contributed by atoms with Gasteiger partial charge in [0.15, 0.2) is 6.29 Å². The molecule has 8 aliphatic rings. The third-order valence-electron chi connectivity index (χ3n) is 17.5. The van der Waals surface area contributed by atoms with E-state index in [1.807, 2.05) is 25.7 Å². The molecule has 54 heavy (non-hydrogen) atoms. The van der Waals surface area contributed by atoms with E-state index in [9.17, 15) is 19.8 Å². The molecule has 0 radical (unpaired) electrons. The molecule has 10 nitrogen and oxygen atoms in total. The number of hydrogen-bond acceptors (Lipinski definition) is 8. The summed E-state index contributed by atoms with van der Waals surface area (Å²) in [6.07, 6.45) is 9.24. The van der Waals surface area contributed by atoms with Gasteiger partial charge in [0.05, 0.1) is 37.1 Å². The van der Waals surface area contributed by atoms with Gasteiger partial charge in [-0.3, -0.25) is 4.79 Å². The molecule has 8 rings (SSSR count). The van der Waals surface area contributed by atoms with Crippen molar-refractivity contribution in [1.82, 2.24) is 9.80 Å². The zero-order valence-electron chi connectivity index (χ0n) is 35.1. The smallest absolute Gasteiger partial charge is 0.410 e. The maximum atomic E-state index is 13.4. The lowest BCUT2D eigenvalue weighted by molar-refractivity contribution is -0.246. The molecular weight excluding hydrogens is 684 g/mol. The summed E-state index contributed by atoms with van der Waals surface area (Å²) >= 11 is 0. The lowest BCUT2D eigenvalue weighted by atomic mass is 9.41. The molecule has 2 spiro atoms. The van der Waals surface area contributed by atoms with Crippen molar-refractivity contribution in [2.75, 3.05) is 32.8 Å². The fraction of sp³-hybridized carbons (Fsp3) is 0.955. The summed E-state index contributed by atoms with van der Waals surface area (Å²) in [5, 5.41) is 21.7. The highest BCUT2D eigenvalue weighted by Gasteiger charge is 2.83. The number of ether oxygens (including phenoxy) is 4. The molecule has 10 heteroatoms. The summed E-state index contributed by atoms with van der Waals surface area (Å²) in [6, 6.07) is 0. The van der Waals surface area contributed by atoms with Gasteiger partial charge in [0.1, 0.15) is 11.7 Å². The van der Waals surface area contributed by atoms with Gasteiger partial charge in [-0.25, -0.2) is 4.79 Å². The first-order valence-electron chi connectivity index (χ1n) is 21.6. The van der Waals surface area contributed by atoms with Crippen LogP contribution in [0, 0.1) is 56.7 Å². The number of amides is 2. The van der Waals surface area contributed by atoms with Crippen molar-refractivity contribution in [2.24, 2.45) is 56.7 Å². The van der Waals surface area contributed by atoms with Gasteiger partial charge in [-0.2, -0.15) is 0 Å². The van der Waals surface area contributed by atoms with E-state index in [0.29, 0.717) is 73.7 Å². The van der Waals surface area contributed by atoms with Crippen LogP contribution >= 0.6 is 0 Å². The normalized spacial score (nSPS) is 46.2. The predicted octanol–water partition coefficient (Wildman–Crippen LogP) is 6.79. The van der Waals surface area contributed by atoms with Gasteiger partial charge < -0.3 is 39.0 Å². The Balaban J connectivity index is 0.900. The second-order valence-electron chi connectivity index (χ2n) is 22.3. The number of aliphatic hydroxyl groups excluding tert-OH is 1. The van der Waals surface area contributed by atoms with Crippen molar-refractivity contribution in [3.8, 4) is 0 Å². The molecule has 2 amide bonds. The predicted molar refractivity (Wildman–Crippen MR) is 204 cm³/mol. The molecule has 5 unspecified atom stereocenters. The first-order chi connectivity index (χ1) is 25.0. The molecule has 2 N–H and O–H groups in total. The minimum absolute atomic E-state index is 0.00280. The van der Waals surface area contributed by atoms with Gasteiger partial charge in [0.25, 0.3) is 0 Å². The fourth-order valence-corrected chi connectivity index (χ4v) is 14.9. The SMILES string of the molecule is C[C@@H]1CC([C@H](O)C(C)(C)O)OC2C[C@@]3(C)[C@@H]4CCC5C(C)(C)[C@@H](OC6CN(C(=O)CC7CN(C(=O)OC(C)(C)C)C7)CCO6)CC[C@@]56C[C@@]46CC[C@]3(C)C21. The van der Waals surface area contributed by atoms with E-state index in [2.05, 4.69) is 34.6 Å². The van der Waals surface area contributed by atoms with Gasteiger partial charge in [0.2, 0.25) is 5.91 Å². The third-order valence-corrected chi connectivity index (χ3v) is 17.5. The van der Waals surface area contributed by atoms with E-state index >= 15 is 0 Å². The van der Waals surface area contributed by atoms with Crippen LogP contribution in [0.5, 0.6) is 0 Å². The van der Waals surface area contributed by atoms with Crippen LogP contribution in [0.2, 0.25) is 0 Å². The Bertz CT molecular complexity index is 1480. The summed E-state index contributed by atoms with van der Waals surface area (Å²) in [4.78, 5) is 29.4. The van der Waals surface area contributed by atoms with Gasteiger partial charge in [-0.1, -0.05) is 34.6 Å². The highest BCUT2D eigenvalue weighted by atomic mass is 16.7. The van der Waals surface area contributed by atoms with Crippen molar-refractivity contribution >= 4 is 12.0 Å². The average Bonchev–Trinajstić information content (AvgIpc) is 3.65. The molecular formula is C44H72N2O8. The van der Waals surface area contributed by atoms with Crippen LogP contribution in [0.1, 0.15) is 133 Å². The fourth-order valence-electron chi connectivity index (χ4n) is 14.9. The number of hydrogen-bond donors (Lipinski definition) is 2. The minimum atomic E-state index is -1.18. The molecule has 5 aliphatic carbocycles. The Morgan fingerprint density at radius 1 is 0.907 bits per heavy atom. The minimum Gasteiger partial charge on any atom is -0.444 e. The first kappa shape index (κ1) is 39.4. The number of rotatable bonds is 6. The zero-order valence-corrected chi connectivity index (χ0v) is 35.1. The molecule has 0 aromatic heterocycles. The lowest BCUT2D eigenvalue weighted by Crippen LogP contribution is -2.59. The third kappa shape index (κ3) is 5.94. The second-order valence-corrected chi connectivity index (χ2v) is 22.3. The molecule has 0 aromatic rings. The Hall–Kier alpha value is -1.46. The van der Waals surface area contributed by atoms with Crippen LogP contribution in [-0.4, -0.2) is 107 Å². The zero-order chi connectivity index (χ0) is 39.0. The van der Waals surface area contributed by atoms with Crippen LogP contribution in [-0.2, 0) is 23.7 Å². The van der Waals surface area contributed by atoms with Gasteiger partial charge in [-0.05, 0) is 143 Å². The molecule has 0 aromatic carbocycles. The van der Waals surface area contributed by atoms with Gasteiger partial charge in [0, 0.05) is 32.0 Å². The maximum Gasteiger partial charge on any atom is 0.410 e. The molecule has 8 fully saturated rings. The average molecular weight is 757 g/mol. The van der Waals surface area contributed by atoms with Crippen LogP contribution in [0.25, 0.3) is 0 Å². The van der Waals surface area contributed by atoms with Crippen LogP contribution in [0.15, 0.2) is 0 Å². The number of fused-ring (bicyclic) bond motifs is 4. The number of carbonyl (C=O) groups is 2. The summed E-state index contributed by atoms with van der Waals surface area (Å²) in [6.45, 7) is 24.2. The van der Waals surface area contributed by atoms with Crippen molar-refractivity contribution in [3.63, 3.8) is 0 Å². The molecule has 5 saturated carbocycles. The number of likely N-dealkylation sites (tertiary alicyclic amines) is 1. The summed E-state index contributed by atoms with van der Waals surface area (Å²) in [7, 11) is 0. The van der Waals surface area contributed by atoms with Crippen molar-refractivity contribution in [3.05, 3.63) is 0 Å². The number of aliphatic hydroxyl groups is 2. The van der Waals surface area contributed by atoms with Crippen LogP contribution < -0.4 is 0 Å². The number of carbonyl (C=O) groups excluding carboxylic acids is 2. The van der Waals surface area contributed by atoms with Crippen LogP contribution in [0.3, 0.4) is 0 Å². The van der Waals surface area contributed by atoms with E-state index in [1.54, 1.807) is 18.7 Å². The molecule has 0 bridgehead atoms. The number of morpholine rings is 1. The second kappa shape index (κ2) is 12.8. The van der Waals surface area contributed by atoms with E-state index in [4.69, 9.17) is 18.9 Å². The van der Waals surface area contributed by atoms with Crippen molar-refractivity contribution in [2.45, 2.75) is 175 Å². The molecule has 3 aliphatic heterocycles. The standard InChI is InChI=1S/C44H72N2O8/c1-26-19-28(36(48)40(7,8)50)52-29-21-42(10)31-12-11-30-39(5,6)32(13-14-43(30)25-44(31,43)16-15-41(42,9)35(26)29)53-34-24-45(17-18-51-34)33(47)20-27-22-46(23-27)37(49)54-38(2,3)4/h26-32,34-36,48,50H,11-25H2,1-10H3/t26-,28?,29?,30?,31+,32+,34?,35?,36+,41-,42+,43-,44+/m1/s1. The van der Waals surface area contributed by atoms with Crippen molar-refractivity contribution < 1.29 is 38.7 Å². The van der Waals surface area contributed by atoms with Gasteiger partial charge >= 0.3 is 6.09 Å². The van der Waals surface area contributed by atoms with E-state index in [0.717, 1.165) is 19.3 Å². The Kier molecular flexibility index (Phi) is 9.31. The first-order valence-corrected chi connectivity index (χ1v) is 21.6. The van der Waals surface area contributed by atoms with Gasteiger partial charge in [-0.15, -0.1) is 0 Å². The molecule has 3 saturated heterocycles.